The molecular formula is C11H21NO. The van der Waals surface area contributed by atoms with Crippen LogP contribution < -0.4 is 0 Å². The van der Waals surface area contributed by atoms with E-state index in [0.29, 0.717) is 11.9 Å². The summed E-state index contributed by atoms with van der Waals surface area (Å²) in [6.45, 7) is 5.39. The predicted molar refractivity (Wildman–Crippen MR) is 54.6 cm³/mol. The normalized spacial score (nSPS) is 19.5. The van der Waals surface area contributed by atoms with Crippen molar-refractivity contribution in [1.29, 1.82) is 0 Å². The zero-order chi connectivity index (χ0) is 9.68. The van der Waals surface area contributed by atoms with Crippen molar-refractivity contribution in [2.75, 3.05) is 6.54 Å². The molecule has 13 heavy (non-hydrogen) atoms. The molecule has 0 aromatic heterocycles. The molecule has 1 unspecified atom stereocenters. The van der Waals surface area contributed by atoms with E-state index in [1.54, 1.807) is 0 Å². The van der Waals surface area contributed by atoms with Gasteiger partial charge in [-0.25, -0.2) is 0 Å². The lowest BCUT2D eigenvalue weighted by atomic mass is 10.1. The van der Waals surface area contributed by atoms with Crippen LogP contribution in [0, 0.1) is 0 Å². The van der Waals surface area contributed by atoms with Crippen LogP contribution >= 0.6 is 0 Å². The Hall–Kier alpha value is -0.530. The van der Waals surface area contributed by atoms with E-state index in [4.69, 9.17) is 0 Å². The summed E-state index contributed by atoms with van der Waals surface area (Å²) >= 11 is 0. The van der Waals surface area contributed by atoms with Gasteiger partial charge in [-0.05, 0) is 19.8 Å². The molecule has 0 aromatic rings. The van der Waals surface area contributed by atoms with Gasteiger partial charge in [-0.2, -0.15) is 0 Å². The highest BCUT2D eigenvalue weighted by atomic mass is 16.2. The Morgan fingerprint density at radius 3 is 2.77 bits per heavy atom. The van der Waals surface area contributed by atoms with Crippen LogP contribution in [0.15, 0.2) is 0 Å². The number of likely N-dealkylation sites (tertiary alicyclic amines) is 1. The number of unbranched alkanes of at least 4 members (excludes halogenated alkanes) is 2. The Morgan fingerprint density at radius 1 is 1.46 bits per heavy atom. The first-order valence-corrected chi connectivity index (χ1v) is 5.55. The molecule has 2 heteroatoms. The number of carbonyl (C=O) groups excluding carboxylic acids is 1. The number of amides is 1. The van der Waals surface area contributed by atoms with Gasteiger partial charge in [0, 0.05) is 19.0 Å². The summed E-state index contributed by atoms with van der Waals surface area (Å²) in [4.78, 5) is 13.4. The SMILES string of the molecule is CCCCCC(C)N1CCCC1=O. The number of rotatable bonds is 5. The molecule has 1 amide bonds. The smallest absolute Gasteiger partial charge is 0.222 e. The fourth-order valence-corrected chi connectivity index (χ4v) is 1.98. The molecule has 0 spiro atoms. The highest BCUT2D eigenvalue weighted by Crippen LogP contribution is 2.17. The van der Waals surface area contributed by atoms with Gasteiger partial charge in [-0.15, -0.1) is 0 Å². The molecule has 0 saturated carbocycles. The minimum absolute atomic E-state index is 0.365. The average molecular weight is 183 g/mol. The number of hydrogen-bond acceptors (Lipinski definition) is 1. The van der Waals surface area contributed by atoms with E-state index in [2.05, 4.69) is 18.7 Å². The zero-order valence-electron chi connectivity index (χ0n) is 8.88. The van der Waals surface area contributed by atoms with Crippen molar-refractivity contribution >= 4 is 5.91 Å². The maximum Gasteiger partial charge on any atom is 0.222 e. The predicted octanol–water partition coefficient (Wildman–Crippen LogP) is 2.58. The molecule has 1 fully saturated rings. The Kier molecular flexibility index (Phi) is 4.26. The third-order valence-electron chi connectivity index (χ3n) is 2.87. The molecule has 1 aliphatic heterocycles. The second-order valence-electron chi connectivity index (χ2n) is 4.04. The highest BCUT2D eigenvalue weighted by Gasteiger charge is 2.24. The van der Waals surface area contributed by atoms with Crippen LogP contribution in [-0.2, 0) is 4.79 Å². The maximum atomic E-state index is 11.4. The van der Waals surface area contributed by atoms with Gasteiger partial charge in [0.1, 0.15) is 0 Å². The first-order chi connectivity index (χ1) is 6.25. The summed E-state index contributed by atoms with van der Waals surface area (Å²) < 4.78 is 0. The molecule has 76 valence electrons. The summed E-state index contributed by atoms with van der Waals surface area (Å²) in [6.07, 6.45) is 6.85. The van der Waals surface area contributed by atoms with Gasteiger partial charge in [0.2, 0.25) is 5.91 Å². The zero-order valence-corrected chi connectivity index (χ0v) is 8.88. The monoisotopic (exact) mass is 183 g/mol. The van der Waals surface area contributed by atoms with E-state index in [-0.39, 0.29) is 0 Å². The van der Waals surface area contributed by atoms with E-state index >= 15 is 0 Å². The quantitative estimate of drug-likeness (QED) is 0.600. The van der Waals surface area contributed by atoms with Crippen molar-refractivity contribution in [2.45, 2.75) is 58.4 Å². The number of hydrogen-bond donors (Lipinski definition) is 0. The standard InChI is InChI=1S/C11H21NO/c1-3-4-5-7-10(2)12-9-6-8-11(12)13/h10H,3-9H2,1-2H3. The van der Waals surface area contributed by atoms with Crippen LogP contribution in [0.1, 0.15) is 52.4 Å². The van der Waals surface area contributed by atoms with Gasteiger partial charge in [-0.1, -0.05) is 26.2 Å². The van der Waals surface area contributed by atoms with Crippen LogP contribution in [-0.4, -0.2) is 23.4 Å². The summed E-state index contributed by atoms with van der Waals surface area (Å²) in [5, 5.41) is 0. The lowest BCUT2D eigenvalue weighted by Crippen LogP contribution is -2.33. The van der Waals surface area contributed by atoms with Crippen molar-refractivity contribution in [1.82, 2.24) is 4.90 Å². The molecular weight excluding hydrogens is 162 g/mol. The number of carbonyl (C=O) groups is 1. The molecule has 0 bridgehead atoms. The topological polar surface area (TPSA) is 20.3 Å². The molecule has 1 heterocycles. The Bertz CT molecular complexity index is 167. The largest absolute Gasteiger partial charge is 0.340 e. The van der Waals surface area contributed by atoms with E-state index in [1.165, 1.54) is 25.7 Å². The Balaban J connectivity index is 2.22. The lowest BCUT2D eigenvalue weighted by Gasteiger charge is -2.24. The van der Waals surface area contributed by atoms with Gasteiger partial charge in [0.15, 0.2) is 0 Å². The summed E-state index contributed by atoms with van der Waals surface area (Å²) in [5.74, 6) is 0.365. The fourth-order valence-electron chi connectivity index (χ4n) is 1.98. The molecule has 0 N–H and O–H groups in total. The first kappa shape index (κ1) is 10.6. The third kappa shape index (κ3) is 3.02. The molecule has 1 rings (SSSR count). The molecule has 0 radical (unpaired) electrons. The Labute approximate surface area is 81.3 Å². The van der Waals surface area contributed by atoms with Crippen molar-refractivity contribution < 1.29 is 4.79 Å². The van der Waals surface area contributed by atoms with E-state index in [1.807, 2.05) is 0 Å². The highest BCUT2D eigenvalue weighted by molar-refractivity contribution is 5.78. The van der Waals surface area contributed by atoms with Crippen molar-refractivity contribution in [3.8, 4) is 0 Å². The van der Waals surface area contributed by atoms with Crippen LogP contribution in [0.4, 0.5) is 0 Å². The van der Waals surface area contributed by atoms with Gasteiger partial charge in [0.25, 0.3) is 0 Å². The van der Waals surface area contributed by atoms with Crippen molar-refractivity contribution in [2.24, 2.45) is 0 Å². The minimum atomic E-state index is 0.365. The minimum Gasteiger partial charge on any atom is -0.340 e. The lowest BCUT2D eigenvalue weighted by molar-refractivity contribution is -0.129. The molecule has 0 aliphatic carbocycles. The second kappa shape index (κ2) is 5.25. The van der Waals surface area contributed by atoms with Gasteiger partial charge >= 0.3 is 0 Å². The van der Waals surface area contributed by atoms with Crippen LogP contribution in [0.2, 0.25) is 0 Å². The van der Waals surface area contributed by atoms with Crippen LogP contribution in [0.3, 0.4) is 0 Å². The van der Waals surface area contributed by atoms with E-state index in [0.717, 1.165) is 19.4 Å². The molecule has 1 aliphatic rings. The van der Waals surface area contributed by atoms with Crippen molar-refractivity contribution in [3.63, 3.8) is 0 Å². The van der Waals surface area contributed by atoms with Crippen LogP contribution in [0.5, 0.6) is 0 Å². The van der Waals surface area contributed by atoms with E-state index < -0.39 is 0 Å². The molecule has 1 saturated heterocycles. The summed E-state index contributed by atoms with van der Waals surface area (Å²) in [6, 6.07) is 0.474. The number of nitrogens with zero attached hydrogens (tertiary/aromatic N) is 1. The summed E-state index contributed by atoms with van der Waals surface area (Å²) in [5.41, 5.74) is 0. The van der Waals surface area contributed by atoms with E-state index in [9.17, 15) is 4.79 Å². The van der Waals surface area contributed by atoms with Gasteiger partial charge in [-0.3, -0.25) is 4.79 Å². The second-order valence-corrected chi connectivity index (χ2v) is 4.04. The third-order valence-corrected chi connectivity index (χ3v) is 2.87. The first-order valence-electron chi connectivity index (χ1n) is 5.55. The van der Waals surface area contributed by atoms with Crippen LogP contribution in [0.25, 0.3) is 0 Å². The maximum absolute atomic E-state index is 11.4. The summed E-state index contributed by atoms with van der Waals surface area (Å²) in [7, 11) is 0. The fraction of sp³-hybridized carbons (Fsp3) is 0.909. The molecule has 2 nitrogen and oxygen atoms in total. The molecule has 1 atom stereocenters. The Morgan fingerprint density at radius 2 is 2.23 bits per heavy atom. The average Bonchev–Trinajstić information content (AvgIpc) is 2.52. The van der Waals surface area contributed by atoms with Gasteiger partial charge < -0.3 is 4.90 Å². The molecule has 0 aromatic carbocycles. The van der Waals surface area contributed by atoms with Crippen molar-refractivity contribution in [3.05, 3.63) is 0 Å². The van der Waals surface area contributed by atoms with Gasteiger partial charge in [0.05, 0.1) is 0 Å².